The average molecular weight is 261 g/mol. The zero-order chi connectivity index (χ0) is 13.7. The molecule has 3 N–H and O–H groups in total. The van der Waals surface area contributed by atoms with Gasteiger partial charge in [0, 0.05) is 25.7 Å². The van der Waals surface area contributed by atoms with E-state index in [4.69, 9.17) is 10.2 Å². The average Bonchev–Trinajstić information content (AvgIpc) is 2.89. The topological polar surface area (TPSA) is 80.2 Å². The Morgan fingerprint density at radius 2 is 2.32 bits per heavy atom. The van der Waals surface area contributed by atoms with Gasteiger partial charge in [-0.05, 0) is 19.1 Å². The maximum Gasteiger partial charge on any atom is 0.133 e. The van der Waals surface area contributed by atoms with Gasteiger partial charge in [0.2, 0.25) is 0 Å². The molecule has 2 aromatic rings. The lowest BCUT2D eigenvalue weighted by molar-refractivity contribution is 0.518. The molecule has 1 unspecified atom stereocenters. The van der Waals surface area contributed by atoms with E-state index in [-0.39, 0.29) is 6.04 Å². The second-order valence-corrected chi connectivity index (χ2v) is 4.55. The van der Waals surface area contributed by atoms with Crippen LogP contribution in [-0.2, 0) is 6.54 Å². The summed E-state index contributed by atoms with van der Waals surface area (Å²) < 4.78 is 5.25. The summed E-state index contributed by atoms with van der Waals surface area (Å²) in [6, 6.07) is 5.76. The summed E-state index contributed by atoms with van der Waals surface area (Å²) in [5.74, 6) is 2.47. The summed E-state index contributed by atoms with van der Waals surface area (Å²) in [5.41, 5.74) is 5.78. The number of nitrogens with one attached hydrogen (secondary N) is 1. The minimum Gasteiger partial charge on any atom is -0.467 e. The first-order valence-electron chi connectivity index (χ1n) is 6.20. The Bertz CT molecular complexity index is 497. The first-order chi connectivity index (χ1) is 9.15. The number of anilines is 2. The molecule has 0 spiro atoms. The van der Waals surface area contributed by atoms with Crippen molar-refractivity contribution in [2.45, 2.75) is 19.5 Å². The van der Waals surface area contributed by atoms with E-state index in [2.05, 4.69) is 15.3 Å². The second-order valence-electron chi connectivity index (χ2n) is 4.55. The van der Waals surface area contributed by atoms with Crippen molar-refractivity contribution < 1.29 is 4.42 Å². The van der Waals surface area contributed by atoms with Crippen LogP contribution in [0.15, 0.2) is 35.2 Å². The van der Waals surface area contributed by atoms with Crippen LogP contribution >= 0.6 is 0 Å². The molecule has 2 heterocycles. The molecule has 0 aliphatic heterocycles. The van der Waals surface area contributed by atoms with Crippen LogP contribution in [0.4, 0.5) is 11.6 Å². The van der Waals surface area contributed by atoms with Crippen molar-refractivity contribution in [3.63, 3.8) is 0 Å². The maximum absolute atomic E-state index is 5.78. The minimum absolute atomic E-state index is 0.0968. The molecule has 0 radical (unpaired) electrons. The summed E-state index contributed by atoms with van der Waals surface area (Å²) in [7, 11) is 1.96. The molecule has 6 heteroatoms. The molecule has 102 valence electrons. The molecule has 19 heavy (non-hydrogen) atoms. The third-order valence-electron chi connectivity index (χ3n) is 2.63. The molecular weight excluding hydrogens is 242 g/mol. The number of nitrogens with two attached hydrogens (primary N) is 1. The molecule has 0 saturated heterocycles. The lowest BCUT2D eigenvalue weighted by Gasteiger charge is -2.20. The first-order valence-corrected chi connectivity index (χ1v) is 6.20. The molecule has 0 aliphatic rings. The quantitative estimate of drug-likeness (QED) is 0.819. The highest BCUT2D eigenvalue weighted by Crippen LogP contribution is 2.13. The van der Waals surface area contributed by atoms with Gasteiger partial charge in [0.1, 0.15) is 23.7 Å². The van der Waals surface area contributed by atoms with Gasteiger partial charge >= 0.3 is 0 Å². The zero-order valence-corrected chi connectivity index (χ0v) is 11.2. The highest BCUT2D eigenvalue weighted by atomic mass is 16.3. The number of rotatable bonds is 6. The third kappa shape index (κ3) is 3.96. The SMILES string of the molecule is CC(N)CN(C)c1cc(NCc2ccco2)ncn1. The molecule has 2 aromatic heterocycles. The Kier molecular flexibility index (Phi) is 4.35. The van der Waals surface area contributed by atoms with E-state index >= 15 is 0 Å². The van der Waals surface area contributed by atoms with E-state index in [0.717, 1.165) is 23.9 Å². The maximum atomic E-state index is 5.78. The molecule has 0 amide bonds. The van der Waals surface area contributed by atoms with Crippen LogP contribution in [-0.4, -0.2) is 29.6 Å². The molecule has 2 rings (SSSR count). The van der Waals surface area contributed by atoms with E-state index in [1.807, 2.05) is 37.1 Å². The number of likely N-dealkylation sites (N-methyl/N-ethyl adjacent to an activating group) is 1. The number of hydrogen-bond acceptors (Lipinski definition) is 6. The van der Waals surface area contributed by atoms with Crippen molar-refractivity contribution in [2.75, 3.05) is 23.8 Å². The molecule has 0 bridgehead atoms. The van der Waals surface area contributed by atoms with E-state index < -0.39 is 0 Å². The van der Waals surface area contributed by atoms with Crippen LogP contribution in [0.1, 0.15) is 12.7 Å². The molecule has 1 atom stereocenters. The van der Waals surface area contributed by atoms with E-state index in [9.17, 15) is 0 Å². The highest BCUT2D eigenvalue weighted by molar-refractivity contribution is 5.48. The van der Waals surface area contributed by atoms with Crippen LogP contribution < -0.4 is 16.0 Å². The van der Waals surface area contributed by atoms with Gasteiger partial charge in [0.25, 0.3) is 0 Å². The highest BCUT2D eigenvalue weighted by Gasteiger charge is 2.06. The normalized spacial score (nSPS) is 12.2. The summed E-state index contributed by atoms with van der Waals surface area (Å²) in [5, 5.41) is 3.19. The van der Waals surface area contributed by atoms with Crippen molar-refractivity contribution in [1.29, 1.82) is 0 Å². The number of furan rings is 1. The van der Waals surface area contributed by atoms with Crippen LogP contribution in [0.2, 0.25) is 0 Å². The summed E-state index contributed by atoms with van der Waals surface area (Å²) in [6.07, 6.45) is 3.19. The van der Waals surface area contributed by atoms with Crippen molar-refractivity contribution in [1.82, 2.24) is 9.97 Å². The van der Waals surface area contributed by atoms with Gasteiger partial charge in [-0.15, -0.1) is 0 Å². The summed E-state index contributed by atoms with van der Waals surface area (Å²) >= 11 is 0. The van der Waals surface area contributed by atoms with Gasteiger partial charge in [-0.1, -0.05) is 0 Å². The lowest BCUT2D eigenvalue weighted by atomic mass is 10.3. The Balaban J connectivity index is 1.98. The van der Waals surface area contributed by atoms with Crippen LogP contribution in [0.3, 0.4) is 0 Å². The summed E-state index contributed by atoms with van der Waals surface area (Å²) in [6.45, 7) is 3.31. The minimum atomic E-state index is 0.0968. The summed E-state index contributed by atoms with van der Waals surface area (Å²) in [4.78, 5) is 10.4. The van der Waals surface area contributed by atoms with Gasteiger partial charge in [-0.2, -0.15) is 0 Å². The molecule has 0 saturated carbocycles. The predicted octanol–water partition coefficient (Wildman–Crippen LogP) is 1.47. The smallest absolute Gasteiger partial charge is 0.133 e. The predicted molar refractivity (Wildman–Crippen MR) is 75.0 cm³/mol. The Morgan fingerprint density at radius 3 is 3.00 bits per heavy atom. The fraction of sp³-hybridized carbons (Fsp3) is 0.385. The van der Waals surface area contributed by atoms with Crippen LogP contribution in [0.25, 0.3) is 0 Å². The van der Waals surface area contributed by atoms with Crippen molar-refractivity contribution in [2.24, 2.45) is 5.73 Å². The Hall–Kier alpha value is -2.08. The van der Waals surface area contributed by atoms with Crippen LogP contribution in [0.5, 0.6) is 0 Å². The standard InChI is InChI=1S/C13H19N5O/c1-10(14)8-18(2)13-6-12(16-9-17-13)15-7-11-4-3-5-19-11/h3-6,9-10H,7-8,14H2,1-2H3,(H,15,16,17). The van der Waals surface area contributed by atoms with Crippen molar-refractivity contribution in [3.8, 4) is 0 Å². The van der Waals surface area contributed by atoms with Crippen LogP contribution in [0, 0.1) is 0 Å². The van der Waals surface area contributed by atoms with E-state index in [1.165, 1.54) is 6.33 Å². The molecule has 6 nitrogen and oxygen atoms in total. The third-order valence-corrected chi connectivity index (χ3v) is 2.63. The van der Waals surface area contributed by atoms with Gasteiger partial charge in [0.05, 0.1) is 12.8 Å². The van der Waals surface area contributed by atoms with Gasteiger partial charge < -0.3 is 20.4 Å². The van der Waals surface area contributed by atoms with Gasteiger partial charge in [0.15, 0.2) is 0 Å². The molecule has 0 aromatic carbocycles. The van der Waals surface area contributed by atoms with Crippen molar-refractivity contribution >= 4 is 11.6 Å². The van der Waals surface area contributed by atoms with Gasteiger partial charge in [-0.25, -0.2) is 9.97 Å². The zero-order valence-electron chi connectivity index (χ0n) is 11.2. The number of aromatic nitrogens is 2. The molecule has 0 fully saturated rings. The Morgan fingerprint density at radius 1 is 1.47 bits per heavy atom. The largest absolute Gasteiger partial charge is 0.467 e. The van der Waals surface area contributed by atoms with E-state index in [1.54, 1.807) is 6.26 Å². The molecular formula is C13H19N5O. The lowest BCUT2D eigenvalue weighted by Crippen LogP contribution is -2.33. The van der Waals surface area contributed by atoms with E-state index in [0.29, 0.717) is 6.54 Å². The monoisotopic (exact) mass is 261 g/mol. The van der Waals surface area contributed by atoms with Crippen molar-refractivity contribution in [3.05, 3.63) is 36.5 Å². The second kappa shape index (κ2) is 6.19. The molecule has 0 aliphatic carbocycles. The fourth-order valence-electron chi connectivity index (χ4n) is 1.77. The Labute approximate surface area is 112 Å². The number of nitrogens with zero attached hydrogens (tertiary/aromatic N) is 3. The number of hydrogen-bond donors (Lipinski definition) is 2. The first kappa shape index (κ1) is 13.4. The fourth-order valence-corrected chi connectivity index (χ4v) is 1.77. The van der Waals surface area contributed by atoms with Gasteiger partial charge in [-0.3, -0.25) is 0 Å².